The van der Waals surface area contributed by atoms with Gasteiger partial charge < -0.3 is 5.32 Å². The highest BCUT2D eigenvalue weighted by atomic mass is 15.4. The van der Waals surface area contributed by atoms with Crippen LogP contribution in [0.4, 0.5) is 11.9 Å². The van der Waals surface area contributed by atoms with Gasteiger partial charge in [0.15, 0.2) is 0 Å². The molecule has 2 aromatic rings. The van der Waals surface area contributed by atoms with Gasteiger partial charge in [-0.2, -0.15) is 24.7 Å². The Kier molecular flexibility index (Phi) is 4.41. The molecule has 0 amide bonds. The van der Waals surface area contributed by atoms with Gasteiger partial charge in [0.05, 0.1) is 0 Å². The third-order valence-corrected chi connectivity index (χ3v) is 2.94. The average Bonchev–Trinajstić information content (AvgIpc) is 2.98. The molecule has 0 aromatic carbocycles. The van der Waals surface area contributed by atoms with E-state index in [1.54, 1.807) is 0 Å². The molecule has 2 heterocycles. The van der Waals surface area contributed by atoms with Gasteiger partial charge in [0, 0.05) is 6.04 Å². The lowest BCUT2D eigenvalue weighted by Crippen LogP contribution is -2.27. The Morgan fingerprint density at radius 1 is 1.25 bits per heavy atom. The molecule has 0 spiro atoms. The summed E-state index contributed by atoms with van der Waals surface area (Å²) < 4.78 is 1.45. The third-order valence-electron chi connectivity index (χ3n) is 2.94. The summed E-state index contributed by atoms with van der Waals surface area (Å²) in [6.45, 7) is 6.39. The van der Waals surface area contributed by atoms with Gasteiger partial charge in [0.2, 0.25) is 11.9 Å². The fraction of sp³-hybridized carbons (Fsp3) is 0.545. The quantitative estimate of drug-likeness (QED) is 0.518. The maximum atomic E-state index is 5.39. The van der Waals surface area contributed by atoms with Gasteiger partial charge in [-0.25, -0.2) is 10.8 Å². The van der Waals surface area contributed by atoms with Crippen LogP contribution in [0, 0.1) is 5.92 Å². The number of hydrogen-bond donors (Lipinski definition) is 3. The van der Waals surface area contributed by atoms with Gasteiger partial charge in [-0.1, -0.05) is 20.8 Å². The number of aromatic nitrogens is 6. The number of hydrazine groups is 1. The molecule has 0 radical (unpaired) electrons. The van der Waals surface area contributed by atoms with E-state index >= 15 is 0 Å². The standard InChI is InChI=1S/C11H19N9/c1-4-8(7(2)3)15-9-16-10(19-12)18-11(17-9)20-6-13-5-14-20/h5-8H,4,12H2,1-3H3,(H2,15,16,17,18,19). The van der Waals surface area contributed by atoms with Crippen LogP contribution in [0.25, 0.3) is 5.95 Å². The second-order valence-electron chi connectivity index (χ2n) is 4.67. The van der Waals surface area contributed by atoms with E-state index in [0.717, 1.165) is 6.42 Å². The number of nitrogen functional groups attached to an aromatic ring is 1. The zero-order chi connectivity index (χ0) is 14.5. The number of nitrogens with one attached hydrogen (secondary N) is 2. The fourth-order valence-electron chi connectivity index (χ4n) is 1.81. The van der Waals surface area contributed by atoms with Crippen LogP contribution in [-0.4, -0.2) is 35.8 Å². The summed E-state index contributed by atoms with van der Waals surface area (Å²) in [6, 6.07) is 0.270. The molecule has 108 valence electrons. The Balaban J connectivity index is 2.31. The summed E-state index contributed by atoms with van der Waals surface area (Å²) in [6.07, 6.45) is 3.89. The van der Waals surface area contributed by atoms with Gasteiger partial charge in [-0.05, 0) is 12.3 Å². The van der Waals surface area contributed by atoms with Crippen LogP contribution in [0.1, 0.15) is 27.2 Å². The lowest BCUT2D eigenvalue weighted by atomic mass is 10.0. The summed E-state index contributed by atoms with van der Waals surface area (Å²) in [5.41, 5.74) is 2.43. The first-order chi connectivity index (χ1) is 9.63. The highest BCUT2D eigenvalue weighted by Gasteiger charge is 2.14. The van der Waals surface area contributed by atoms with Gasteiger partial charge >= 0.3 is 0 Å². The van der Waals surface area contributed by atoms with Gasteiger partial charge in [0.25, 0.3) is 5.95 Å². The Morgan fingerprint density at radius 3 is 2.55 bits per heavy atom. The molecule has 9 nitrogen and oxygen atoms in total. The first kappa shape index (κ1) is 14.1. The molecule has 20 heavy (non-hydrogen) atoms. The molecule has 9 heteroatoms. The van der Waals surface area contributed by atoms with Crippen LogP contribution in [0.15, 0.2) is 12.7 Å². The highest BCUT2D eigenvalue weighted by molar-refractivity contribution is 5.37. The summed E-state index contributed by atoms with van der Waals surface area (Å²) in [5, 5.41) is 7.28. The molecule has 2 aromatic heterocycles. The summed E-state index contributed by atoms with van der Waals surface area (Å²) in [7, 11) is 0. The second-order valence-corrected chi connectivity index (χ2v) is 4.67. The van der Waals surface area contributed by atoms with Crippen LogP contribution in [-0.2, 0) is 0 Å². The van der Waals surface area contributed by atoms with Crippen molar-refractivity contribution in [3.05, 3.63) is 12.7 Å². The molecular formula is C11H19N9. The van der Waals surface area contributed by atoms with E-state index in [1.165, 1.54) is 17.3 Å². The topological polar surface area (TPSA) is 119 Å². The van der Waals surface area contributed by atoms with Gasteiger partial charge in [0.1, 0.15) is 12.7 Å². The monoisotopic (exact) mass is 277 g/mol. The van der Waals surface area contributed by atoms with Crippen molar-refractivity contribution in [1.82, 2.24) is 29.7 Å². The molecule has 4 N–H and O–H groups in total. The number of anilines is 2. The van der Waals surface area contributed by atoms with E-state index in [2.05, 4.69) is 56.5 Å². The Morgan fingerprint density at radius 2 is 2.00 bits per heavy atom. The van der Waals surface area contributed by atoms with Crippen molar-refractivity contribution in [2.24, 2.45) is 11.8 Å². The predicted octanol–water partition coefficient (Wildman–Crippen LogP) is 0.584. The molecule has 0 fully saturated rings. The Hall–Kier alpha value is -2.29. The molecule has 1 atom stereocenters. The van der Waals surface area contributed by atoms with Crippen LogP contribution in [0.5, 0.6) is 0 Å². The minimum absolute atomic E-state index is 0.270. The minimum atomic E-state index is 0.270. The van der Waals surface area contributed by atoms with E-state index in [1.807, 2.05) is 0 Å². The van der Waals surface area contributed by atoms with Crippen molar-refractivity contribution in [1.29, 1.82) is 0 Å². The first-order valence-electron chi connectivity index (χ1n) is 6.48. The lowest BCUT2D eigenvalue weighted by Gasteiger charge is -2.20. The maximum absolute atomic E-state index is 5.39. The van der Waals surface area contributed by atoms with Crippen molar-refractivity contribution in [3.63, 3.8) is 0 Å². The Labute approximate surface area is 117 Å². The van der Waals surface area contributed by atoms with Crippen molar-refractivity contribution >= 4 is 11.9 Å². The minimum Gasteiger partial charge on any atom is -0.351 e. The van der Waals surface area contributed by atoms with Gasteiger partial charge in [-0.3, -0.25) is 5.43 Å². The van der Waals surface area contributed by atoms with Crippen LogP contribution in [0.3, 0.4) is 0 Å². The van der Waals surface area contributed by atoms with E-state index < -0.39 is 0 Å². The predicted molar refractivity (Wildman–Crippen MR) is 75.1 cm³/mol. The molecule has 0 aliphatic carbocycles. The van der Waals surface area contributed by atoms with Crippen LogP contribution in [0.2, 0.25) is 0 Å². The molecule has 0 saturated heterocycles. The molecular weight excluding hydrogens is 258 g/mol. The van der Waals surface area contributed by atoms with E-state index in [0.29, 0.717) is 17.8 Å². The summed E-state index contributed by atoms with van der Waals surface area (Å²) in [5.74, 6) is 6.93. The van der Waals surface area contributed by atoms with Crippen LogP contribution >= 0.6 is 0 Å². The lowest BCUT2D eigenvalue weighted by molar-refractivity contribution is 0.507. The summed E-state index contributed by atoms with van der Waals surface area (Å²) in [4.78, 5) is 16.5. The molecule has 0 bridgehead atoms. The second kappa shape index (κ2) is 6.24. The Bertz CT molecular complexity index is 537. The number of rotatable bonds is 6. The maximum Gasteiger partial charge on any atom is 0.258 e. The number of nitrogens with zero attached hydrogens (tertiary/aromatic N) is 6. The average molecular weight is 277 g/mol. The normalized spacial score (nSPS) is 12.4. The van der Waals surface area contributed by atoms with Crippen molar-refractivity contribution < 1.29 is 0 Å². The molecule has 0 aliphatic rings. The van der Waals surface area contributed by atoms with E-state index in [9.17, 15) is 0 Å². The third kappa shape index (κ3) is 3.18. The van der Waals surface area contributed by atoms with Crippen LogP contribution < -0.4 is 16.6 Å². The zero-order valence-electron chi connectivity index (χ0n) is 11.8. The largest absolute Gasteiger partial charge is 0.351 e. The van der Waals surface area contributed by atoms with Gasteiger partial charge in [-0.15, -0.1) is 0 Å². The zero-order valence-corrected chi connectivity index (χ0v) is 11.8. The van der Waals surface area contributed by atoms with E-state index in [-0.39, 0.29) is 12.0 Å². The van der Waals surface area contributed by atoms with E-state index in [4.69, 9.17) is 5.84 Å². The summed E-state index contributed by atoms with van der Waals surface area (Å²) >= 11 is 0. The molecule has 0 saturated carbocycles. The van der Waals surface area contributed by atoms with Crippen molar-refractivity contribution in [2.45, 2.75) is 33.2 Å². The number of nitrogens with two attached hydrogens (primary N) is 1. The SMILES string of the molecule is CCC(Nc1nc(NN)nc(-n2cncn2)n1)C(C)C. The number of hydrogen-bond acceptors (Lipinski definition) is 8. The molecule has 0 aliphatic heterocycles. The van der Waals surface area contributed by atoms with Crippen molar-refractivity contribution in [2.75, 3.05) is 10.7 Å². The van der Waals surface area contributed by atoms with Crippen molar-refractivity contribution in [3.8, 4) is 5.95 Å². The smallest absolute Gasteiger partial charge is 0.258 e. The fourth-order valence-corrected chi connectivity index (χ4v) is 1.81. The first-order valence-corrected chi connectivity index (χ1v) is 6.48. The molecule has 1 unspecified atom stereocenters. The molecule has 2 rings (SSSR count). The highest BCUT2D eigenvalue weighted by Crippen LogP contribution is 2.13.